The van der Waals surface area contributed by atoms with E-state index < -0.39 is 0 Å². The van der Waals surface area contributed by atoms with Crippen LogP contribution in [0.5, 0.6) is 5.75 Å². The van der Waals surface area contributed by atoms with Gasteiger partial charge in [-0.3, -0.25) is 4.79 Å². The molecule has 1 rings (SSSR count). The first-order chi connectivity index (χ1) is 8.26. The fraction of sp³-hybridized carbons (Fsp3) is 0.357. The molecule has 3 heteroatoms. The van der Waals surface area contributed by atoms with Crippen LogP contribution in [-0.4, -0.2) is 26.0 Å². The maximum atomic E-state index is 11.2. The first-order valence-electron chi connectivity index (χ1n) is 5.84. The van der Waals surface area contributed by atoms with E-state index in [0.29, 0.717) is 13.0 Å². The Morgan fingerprint density at radius 1 is 1.47 bits per heavy atom. The van der Waals surface area contributed by atoms with Crippen molar-refractivity contribution in [2.45, 2.75) is 13.3 Å². The van der Waals surface area contributed by atoms with Crippen molar-refractivity contribution in [1.29, 1.82) is 0 Å². The van der Waals surface area contributed by atoms with Gasteiger partial charge in [0.2, 0.25) is 0 Å². The summed E-state index contributed by atoms with van der Waals surface area (Å²) < 4.78 is 5.54. The van der Waals surface area contributed by atoms with Crippen molar-refractivity contribution >= 4 is 11.9 Å². The van der Waals surface area contributed by atoms with Gasteiger partial charge in [0.15, 0.2) is 5.78 Å². The van der Waals surface area contributed by atoms with Gasteiger partial charge in [-0.2, -0.15) is 0 Å². The second-order valence-electron chi connectivity index (χ2n) is 3.68. The summed E-state index contributed by atoms with van der Waals surface area (Å²) in [7, 11) is 1.89. The second kappa shape index (κ2) is 7.63. The Hall–Kier alpha value is -1.61. The lowest BCUT2D eigenvalue weighted by Gasteiger charge is -2.05. The zero-order valence-corrected chi connectivity index (χ0v) is 10.4. The quantitative estimate of drug-likeness (QED) is 0.580. The van der Waals surface area contributed by atoms with Gasteiger partial charge in [-0.05, 0) is 30.8 Å². The number of ketones is 1. The number of carbonyl (C=O) groups excluding carboxylic acids is 1. The zero-order valence-electron chi connectivity index (χ0n) is 10.4. The van der Waals surface area contributed by atoms with Gasteiger partial charge < -0.3 is 10.1 Å². The van der Waals surface area contributed by atoms with Gasteiger partial charge in [-0.1, -0.05) is 25.1 Å². The van der Waals surface area contributed by atoms with Gasteiger partial charge in [0, 0.05) is 13.0 Å². The molecule has 17 heavy (non-hydrogen) atoms. The summed E-state index contributed by atoms with van der Waals surface area (Å²) in [5.41, 5.74) is 0.980. The third-order valence-electron chi connectivity index (χ3n) is 2.29. The smallest absolute Gasteiger partial charge is 0.155 e. The van der Waals surface area contributed by atoms with Crippen molar-refractivity contribution in [1.82, 2.24) is 5.32 Å². The van der Waals surface area contributed by atoms with Crippen LogP contribution >= 0.6 is 0 Å². The molecule has 0 aliphatic rings. The van der Waals surface area contributed by atoms with E-state index in [9.17, 15) is 4.79 Å². The average molecular weight is 233 g/mol. The lowest BCUT2D eigenvalue weighted by atomic mass is 10.1. The van der Waals surface area contributed by atoms with Crippen LogP contribution in [0.25, 0.3) is 6.08 Å². The molecule has 1 N–H and O–H groups in total. The molecule has 0 radical (unpaired) electrons. The minimum Gasteiger partial charge on any atom is -0.492 e. The van der Waals surface area contributed by atoms with Crippen molar-refractivity contribution in [2.24, 2.45) is 0 Å². The number of nitrogens with one attached hydrogen (secondary N) is 1. The maximum absolute atomic E-state index is 11.2. The highest BCUT2D eigenvalue weighted by atomic mass is 16.5. The molecule has 92 valence electrons. The Morgan fingerprint density at radius 2 is 2.29 bits per heavy atom. The lowest BCUT2D eigenvalue weighted by molar-refractivity contribution is -0.114. The normalized spacial score (nSPS) is 10.7. The molecule has 0 aromatic heterocycles. The van der Waals surface area contributed by atoms with Gasteiger partial charge in [-0.25, -0.2) is 0 Å². The first-order valence-corrected chi connectivity index (χ1v) is 5.84. The predicted octanol–water partition coefficient (Wildman–Crippen LogP) is 2.28. The van der Waals surface area contributed by atoms with Crippen LogP contribution in [0.4, 0.5) is 0 Å². The van der Waals surface area contributed by atoms with Gasteiger partial charge in [-0.15, -0.1) is 0 Å². The first kappa shape index (κ1) is 13.5. The molecular formula is C14H19NO2. The van der Waals surface area contributed by atoms with Crippen molar-refractivity contribution in [3.8, 4) is 5.75 Å². The van der Waals surface area contributed by atoms with Gasteiger partial charge in [0.25, 0.3) is 0 Å². The monoisotopic (exact) mass is 233 g/mol. The van der Waals surface area contributed by atoms with Crippen LogP contribution in [0.15, 0.2) is 30.3 Å². The van der Waals surface area contributed by atoms with Crippen molar-refractivity contribution in [2.75, 3.05) is 20.2 Å². The molecule has 1 aromatic carbocycles. The summed E-state index contributed by atoms with van der Waals surface area (Å²) in [6, 6.07) is 7.71. The molecule has 0 aliphatic heterocycles. The van der Waals surface area contributed by atoms with E-state index in [4.69, 9.17) is 4.74 Å². The van der Waals surface area contributed by atoms with Gasteiger partial charge in [0.1, 0.15) is 12.4 Å². The van der Waals surface area contributed by atoms with Gasteiger partial charge in [0.05, 0.1) is 0 Å². The Morgan fingerprint density at radius 3 is 3.00 bits per heavy atom. The summed E-state index contributed by atoms with van der Waals surface area (Å²) in [5.74, 6) is 0.956. The Kier molecular flexibility index (Phi) is 6.04. The molecular weight excluding hydrogens is 214 g/mol. The second-order valence-corrected chi connectivity index (χ2v) is 3.68. The highest BCUT2D eigenvalue weighted by Crippen LogP contribution is 2.14. The van der Waals surface area contributed by atoms with E-state index in [0.717, 1.165) is 17.9 Å². The fourth-order valence-corrected chi connectivity index (χ4v) is 1.29. The zero-order chi connectivity index (χ0) is 12.5. The number of carbonyl (C=O) groups is 1. The maximum Gasteiger partial charge on any atom is 0.155 e. The summed E-state index contributed by atoms with van der Waals surface area (Å²) in [6.07, 6.45) is 3.96. The van der Waals surface area contributed by atoms with Crippen LogP contribution in [0.2, 0.25) is 0 Å². The van der Waals surface area contributed by atoms with E-state index in [1.807, 2.05) is 44.3 Å². The van der Waals surface area contributed by atoms with Crippen LogP contribution in [0.3, 0.4) is 0 Å². The average Bonchev–Trinajstić information content (AvgIpc) is 2.37. The largest absolute Gasteiger partial charge is 0.492 e. The predicted molar refractivity (Wildman–Crippen MR) is 70.2 cm³/mol. The molecule has 0 bridgehead atoms. The van der Waals surface area contributed by atoms with Gasteiger partial charge >= 0.3 is 0 Å². The fourth-order valence-electron chi connectivity index (χ4n) is 1.29. The molecule has 0 atom stereocenters. The van der Waals surface area contributed by atoms with Crippen LogP contribution in [0, 0.1) is 0 Å². The number of rotatable bonds is 7. The molecule has 0 saturated carbocycles. The van der Waals surface area contributed by atoms with Crippen LogP contribution in [-0.2, 0) is 4.79 Å². The highest BCUT2D eigenvalue weighted by molar-refractivity contribution is 5.93. The van der Waals surface area contributed by atoms with E-state index in [1.54, 1.807) is 6.08 Å². The Balaban J connectivity index is 2.59. The summed E-state index contributed by atoms with van der Waals surface area (Å²) in [5, 5.41) is 3.02. The highest BCUT2D eigenvalue weighted by Gasteiger charge is 1.95. The number of allylic oxidation sites excluding steroid dienone is 1. The summed E-state index contributed by atoms with van der Waals surface area (Å²) in [6.45, 7) is 3.30. The molecule has 0 saturated heterocycles. The molecule has 0 heterocycles. The lowest BCUT2D eigenvalue weighted by Crippen LogP contribution is -2.15. The third-order valence-corrected chi connectivity index (χ3v) is 2.29. The summed E-state index contributed by atoms with van der Waals surface area (Å²) >= 11 is 0. The Bertz CT molecular complexity index is 386. The molecule has 0 fully saturated rings. The van der Waals surface area contributed by atoms with Crippen molar-refractivity contribution in [3.05, 3.63) is 35.9 Å². The topological polar surface area (TPSA) is 38.3 Å². The molecule has 0 aliphatic carbocycles. The van der Waals surface area contributed by atoms with Crippen molar-refractivity contribution < 1.29 is 9.53 Å². The molecule has 3 nitrogen and oxygen atoms in total. The molecule has 0 unspecified atom stereocenters. The minimum atomic E-state index is 0.131. The molecule has 1 aromatic rings. The standard InChI is InChI=1S/C14H19NO2/c1-3-13(16)8-7-12-5-4-6-14(11-12)17-10-9-15-2/h4-8,11,15H,3,9-10H2,1-2H3/b8-7+. The number of benzene rings is 1. The Labute approximate surface area is 102 Å². The summed E-state index contributed by atoms with van der Waals surface area (Å²) in [4.78, 5) is 11.2. The number of hydrogen-bond acceptors (Lipinski definition) is 3. The van der Waals surface area contributed by atoms with E-state index in [1.165, 1.54) is 0 Å². The SMILES string of the molecule is CCC(=O)/C=C/c1cccc(OCCNC)c1. The van der Waals surface area contributed by atoms with Crippen LogP contribution in [0.1, 0.15) is 18.9 Å². The molecule has 0 amide bonds. The molecule has 0 spiro atoms. The number of ether oxygens (including phenoxy) is 1. The van der Waals surface area contributed by atoms with E-state index >= 15 is 0 Å². The third kappa shape index (κ3) is 5.31. The number of likely N-dealkylation sites (N-methyl/N-ethyl adjacent to an activating group) is 1. The van der Waals surface area contributed by atoms with E-state index in [2.05, 4.69) is 5.32 Å². The van der Waals surface area contributed by atoms with E-state index in [-0.39, 0.29) is 5.78 Å². The minimum absolute atomic E-state index is 0.131. The van der Waals surface area contributed by atoms with Crippen LogP contribution < -0.4 is 10.1 Å². The van der Waals surface area contributed by atoms with Crippen molar-refractivity contribution in [3.63, 3.8) is 0 Å². The number of hydrogen-bond donors (Lipinski definition) is 1.